The van der Waals surface area contributed by atoms with Crippen LogP contribution in [0.25, 0.3) is 0 Å². The standard InChI is InChI=1S/C20H24ClN3OS/c1-15-13-17(24-9-11-26-12-10-24)7-8-19(15)22-20(25)23(2)14-16-5-3-4-6-18(16)21/h3-8,13H,9-12,14H2,1-2H3,(H,22,25). The van der Waals surface area contributed by atoms with Gasteiger partial charge in [-0.3, -0.25) is 0 Å². The van der Waals surface area contributed by atoms with Crippen LogP contribution < -0.4 is 10.2 Å². The Morgan fingerprint density at radius 3 is 2.65 bits per heavy atom. The monoisotopic (exact) mass is 389 g/mol. The van der Waals surface area contributed by atoms with Crippen LogP contribution in [0.2, 0.25) is 5.02 Å². The minimum absolute atomic E-state index is 0.143. The zero-order valence-corrected chi connectivity index (χ0v) is 16.7. The van der Waals surface area contributed by atoms with Gasteiger partial charge in [-0.2, -0.15) is 11.8 Å². The van der Waals surface area contributed by atoms with Gasteiger partial charge in [0.2, 0.25) is 0 Å². The molecular weight excluding hydrogens is 366 g/mol. The first-order valence-corrected chi connectivity index (χ1v) is 10.3. The van der Waals surface area contributed by atoms with Crippen LogP contribution in [0.5, 0.6) is 0 Å². The van der Waals surface area contributed by atoms with Crippen LogP contribution in [0.3, 0.4) is 0 Å². The van der Waals surface area contributed by atoms with E-state index in [1.807, 2.05) is 49.0 Å². The van der Waals surface area contributed by atoms with Crippen molar-refractivity contribution >= 4 is 40.8 Å². The molecule has 0 atom stereocenters. The van der Waals surface area contributed by atoms with Gasteiger partial charge in [0.05, 0.1) is 0 Å². The highest BCUT2D eigenvalue weighted by molar-refractivity contribution is 7.99. The molecule has 0 radical (unpaired) electrons. The molecular formula is C20H24ClN3OS. The van der Waals surface area contributed by atoms with Crippen LogP contribution in [0.1, 0.15) is 11.1 Å². The van der Waals surface area contributed by atoms with Crippen LogP contribution in [0.15, 0.2) is 42.5 Å². The molecule has 1 fully saturated rings. The van der Waals surface area contributed by atoms with Crippen molar-refractivity contribution in [3.8, 4) is 0 Å². The van der Waals surface area contributed by atoms with Crippen molar-refractivity contribution in [3.63, 3.8) is 0 Å². The fourth-order valence-corrected chi connectivity index (χ4v) is 4.07. The number of urea groups is 1. The molecule has 0 spiro atoms. The van der Waals surface area contributed by atoms with E-state index in [0.29, 0.717) is 11.6 Å². The molecule has 0 aromatic heterocycles. The summed E-state index contributed by atoms with van der Waals surface area (Å²) in [6, 6.07) is 13.7. The first kappa shape index (κ1) is 18.9. The Morgan fingerprint density at radius 2 is 1.96 bits per heavy atom. The number of aryl methyl sites for hydroxylation is 1. The highest BCUT2D eigenvalue weighted by Gasteiger charge is 2.15. The van der Waals surface area contributed by atoms with Crippen molar-refractivity contribution in [1.82, 2.24) is 4.90 Å². The number of amides is 2. The molecule has 2 aromatic rings. The predicted molar refractivity (Wildman–Crippen MR) is 113 cm³/mol. The van der Waals surface area contributed by atoms with Gasteiger partial charge in [0.1, 0.15) is 0 Å². The molecule has 3 rings (SSSR count). The summed E-state index contributed by atoms with van der Waals surface area (Å²) in [6.07, 6.45) is 0. The van der Waals surface area contributed by atoms with Gasteiger partial charge < -0.3 is 15.1 Å². The summed E-state index contributed by atoms with van der Waals surface area (Å²) >= 11 is 8.19. The molecule has 0 unspecified atom stereocenters. The largest absolute Gasteiger partial charge is 0.370 e. The summed E-state index contributed by atoms with van der Waals surface area (Å²) in [5.74, 6) is 2.34. The van der Waals surface area contributed by atoms with Crippen LogP contribution in [-0.2, 0) is 6.54 Å². The topological polar surface area (TPSA) is 35.6 Å². The van der Waals surface area contributed by atoms with E-state index in [9.17, 15) is 4.79 Å². The third kappa shape index (κ3) is 4.65. The lowest BCUT2D eigenvalue weighted by molar-refractivity contribution is 0.220. The number of halogens is 1. The Kier molecular flexibility index (Phi) is 6.33. The Hall–Kier alpha value is -1.85. The summed E-state index contributed by atoms with van der Waals surface area (Å²) in [5.41, 5.74) is 4.07. The number of anilines is 2. The summed E-state index contributed by atoms with van der Waals surface area (Å²) in [6.45, 7) is 4.66. The Morgan fingerprint density at radius 1 is 1.23 bits per heavy atom. The second-order valence-electron chi connectivity index (χ2n) is 6.48. The fraction of sp³-hybridized carbons (Fsp3) is 0.350. The highest BCUT2D eigenvalue weighted by atomic mass is 35.5. The maximum absolute atomic E-state index is 12.5. The molecule has 2 aromatic carbocycles. The van der Waals surface area contributed by atoms with E-state index in [4.69, 9.17) is 11.6 Å². The molecule has 6 heteroatoms. The lowest BCUT2D eigenvalue weighted by Crippen LogP contribution is -2.33. The third-order valence-corrected chi connectivity index (χ3v) is 5.85. The summed E-state index contributed by atoms with van der Waals surface area (Å²) in [5, 5.41) is 3.67. The van der Waals surface area contributed by atoms with Gasteiger partial charge >= 0.3 is 6.03 Å². The number of nitrogens with zero attached hydrogens (tertiary/aromatic N) is 2. The van der Waals surface area contributed by atoms with Gasteiger partial charge in [-0.15, -0.1) is 0 Å². The Labute approximate surface area is 164 Å². The van der Waals surface area contributed by atoms with Gasteiger partial charge in [-0.05, 0) is 42.3 Å². The van der Waals surface area contributed by atoms with Crippen LogP contribution in [0, 0.1) is 6.92 Å². The van der Waals surface area contributed by atoms with Crippen molar-refractivity contribution < 1.29 is 4.79 Å². The van der Waals surface area contributed by atoms with Crippen LogP contribution in [0.4, 0.5) is 16.2 Å². The second kappa shape index (κ2) is 8.69. The molecule has 0 bridgehead atoms. The van der Waals surface area contributed by atoms with Crippen molar-refractivity contribution in [3.05, 3.63) is 58.6 Å². The van der Waals surface area contributed by atoms with Crippen molar-refractivity contribution in [2.75, 3.05) is 41.9 Å². The summed E-state index contributed by atoms with van der Waals surface area (Å²) < 4.78 is 0. The average Bonchev–Trinajstić information content (AvgIpc) is 2.66. The average molecular weight is 390 g/mol. The van der Waals surface area contributed by atoms with Gasteiger partial charge in [-0.1, -0.05) is 29.8 Å². The van der Waals surface area contributed by atoms with Gasteiger partial charge in [0.25, 0.3) is 0 Å². The number of hydrogen-bond donors (Lipinski definition) is 1. The van der Waals surface area contributed by atoms with E-state index in [2.05, 4.69) is 22.3 Å². The molecule has 1 aliphatic heterocycles. The Balaban J connectivity index is 1.64. The molecule has 4 nitrogen and oxygen atoms in total. The molecule has 0 aliphatic carbocycles. The number of carbonyl (C=O) groups is 1. The van der Waals surface area contributed by atoms with E-state index in [-0.39, 0.29) is 6.03 Å². The smallest absolute Gasteiger partial charge is 0.321 e. The molecule has 0 saturated carbocycles. The molecule has 1 saturated heterocycles. The number of rotatable bonds is 4. The predicted octanol–water partition coefficient (Wildman–Crippen LogP) is 4.87. The summed E-state index contributed by atoms with van der Waals surface area (Å²) in [4.78, 5) is 16.6. The Bertz CT molecular complexity index is 777. The molecule has 26 heavy (non-hydrogen) atoms. The third-order valence-electron chi connectivity index (χ3n) is 4.54. The van der Waals surface area contributed by atoms with E-state index in [0.717, 1.165) is 29.9 Å². The number of benzene rings is 2. The number of hydrogen-bond acceptors (Lipinski definition) is 3. The van der Waals surface area contributed by atoms with Gasteiger partial charge in [0.15, 0.2) is 0 Å². The summed E-state index contributed by atoms with van der Waals surface area (Å²) in [7, 11) is 1.77. The first-order chi connectivity index (χ1) is 12.5. The van der Waals surface area contributed by atoms with Crippen LogP contribution >= 0.6 is 23.4 Å². The molecule has 1 heterocycles. The molecule has 138 valence electrons. The van der Waals surface area contributed by atoms with Gasteiger partial charge in [-0.25, -0.2) is 4.79 Å². The minimum Gasteiger partial charge on any atom is -0.370 e. The molecule has 1 aliphatic rings. The first-order valence-electron chi connectivity index (χ1n) is 8.73. The van der Waals surface area contributed by atoms with Crippen molar-refractivity contribution in [1.29, 1.82) is 0 Å². The van der Waals surface area contributed by atoms with E-state index >= 15 is 0 Å². The normalized spacial score (nSPS) is 14.2. The van der Waals surface area contributed by atoms with Crippen molar-refractivity contribution in [2.24, 2.45) is 0 Å². The van der Waals surface area contributed by atoms with Gasteiger partial charge in [0, 0.05) is 54.6 Å². The van der Waals surface area contributed by atoms with Crippen molar-refractivity contribution in [2.45, 2.75) is 13.5 Å². The van der Waals surface area contributed by atoms with Crippen LogP contribution in [-0.4, -0.2) is 42.6 Å². The lowest BCUT2D eigenvalue weighted by atomic mass is 10.1. The number of carbonyl (C=O) groups excluding carboxylic acids is 1. The number of thioether (sulfide) groups is 1. The second-order valence-corrected chi connectivity index (χ2v) is 8.11. The van der Waals surface area contributed by atoms with E-state index in [1.54, 1.807) is 11.9 Å². The van der Waals surface area contributed by atoms with E-state index in [1.165, 1.54) is 17.2 Å². The minimum atomic E-state index is -0.143. The highest BCUT2D eigenvalue weighted by Crippen LogP contribution is 2.25. The quantitative estimate of drug-likeness (QED) is 0.810. The molecule has 2 amide bonds. The zero-order chi connectivity index (χ0) is 18.5. The lowest BCUT2D eigenvalue weighted by Gasteiger charge is -2.29. The number of nitrogens with one attached hydrogen (secondary N) is 1. The SMILES string of the molecule is Cc1cc(N2CCSCC2)ccc1NC(=O)N(C)Cc1ccccc1Cl. The fourth-order valence-electron chi connectivity index (χ4n) is 2.97. The maximum Gasteiger partial charge on any atom is 0.321 e. The van der Waals surface area contributed by atoms with E-state index < -0.39 is 0 Å². The maximum atomic E-state index is 12.5. The zero-order valence-electron chi connectivity index (χ0n) is 15.2. The molecule has 1 N–H and O–H groups in total.